The van der Waals surface area contributed by atoms with E-state index in [2.05, 4.69) is 15.3 Å². The molecule has 0 radical (unpaired) electrons. The van der Waals surface area contributed by atoms with Gasteiger partial charge in [0.2, 0.25) is 0 Å². The fourth-order valence-corrected chi connectivity index (χ4v) is 1.80. The maximum absolute atomic E-state index is 12.4. The fourth-order valence-electron chi connectivity index (χ4n) is 1.80. The van der Waals surface area contributed by atoms with E-state index >= 15 is 0 Å². The Labute approximate surface area is 113 Å². The number of anilines is 3. The van der Waals surface area contributed by atoms with Gasteiger partial charge in [0.25, 0.3) is 5.91 Å². The van der Waals surface area contributed by atoms with Crippen LogP contribution < -0.4 is 10.2 Å². The number of aromatic nitrogens is 2. The van der Waals surface area contributed by atoms with Crippen molar-refractivity contribution in [3.05, 3.63) is 41.6 Å². The number of nitrogens with zero attached hydrogens (tertiary/aromatic N) is 3. The van der Waals surface area contributed by atoms with Gasteiger partial charge < -0.3 is 10.2 Å². The molecule has 2 aromatic rings. The van der Waals surface area contributed by atoms with Crippen LogP contribution in [0.3, 0.4) is 0 Å². The van der Waals surface area contributed by atoms with Crippen molar-refractivity contribution in [3.63, 3.8) is 0 Å². The van der Waals surface area contributed by atoms with Gasteiger partial charge in [-0.2, -0.15) is 0 Å². The van der Waals surface area contributed by atoms with E-state index in [1.165, 1.54) is 24.1 Å². The van der Waals surface area contributed by atoms with Crippen LogP contribution in [-0.4, -0.2) is 22.9 Å². The maximum Gasteiger partial charge on any atom is 0.259 e. The van der Waals surface area contributed by atoms with Crippen molar-refractivity contribution in [1.29, 1.82) is 0 Å². The summed E-state index contributed by atoms with van der Waals surface area (Å²) in [5.74, 6) is -0.500. The Morgan fingerprint density at radius 3 is 3.06 bits per heavy atom. The molecular formula is C13H12N4O. The average molecular weight is 246 g/mol. The number of amides is 1. The number of hydrogen-bond acceptors (Lipinski definition) is 4. The van der Waals surface area contributed by atoms with E-state index in [-0.39, 0.29) is 29.1 Å². The first-order chi connectivity index (χ1) is 11.1. The van der Waals surface area contributed by atoms with Gasteiger partial charge in [-0.25, -0.2) is 9.97 Å². The molecule has 0 bridgehead atoms. The number of rotatable bonds is 0. The highest BCUT2D eigenvalue weighted by molar-refractivity contribution is 6.11. The van der Waals surface area contributed by atoms with Crippen molar-refractivity contribution in [3.8, 4) is 0 Å². The molecule has 3 heterocycles. The zero-order valence-corrected chi connectivity index (χ0v) is 9.40. The van der Waals surface area contributed by atoms with Crippen LogP contribution in [0.5, 0.6) is 0 Å². The first-order valence-corrected chi connectivity index (χ1v) is 5.15. The summed E-state index contributed by atoms with van der Waals surface area (Å²) in [6, 6.07) is 2.18. The van der Waals surface area contributed by atoms with Gasteiger partial charge in [0.1, 0.15) is 5.82 Å². The van der Waals surface area contributed by atoms with Crippen LogP contribution in [0.2, 0.25) is 0 Å². The third kappa shape index (κ3) is 1.44. The van der Waals surface area contributed by atoms with E-state index in [1.807, 2.05) is 0 Å². The summed E-state index contributed by atoms with van der Waals surface area (Å²) in [4.78, 5) is 21.7. The molecule has 1 aliphatic rings. The quantitative estimate of drug-likeness (QED) is 0.773. The van der Waals surface area contributed by atoms with Crippen LogP contribution in [0.4, 0.5) is 17.3 Å². The number of fused-ring (bicyclic) bond motifs is 2. The number of carbonyl (C=O) groups is 1. The molecule has 0 aliphatic carbocycles. The third-order valence-electron chi connectivity index (χ3n) is 2.67. The molecule has 0 saturated carbocycles. The van der Waals surface area contributed by atoms with Crippen molar-refractivity contribution in [2.24, 2.45) is 0 Å². The Balaban J connectivity index is 2.36. The Bertz CT molecular complexity index is 867. The lowest BCUT2D eigenvalue weighted by Crippen LogP contribution is -2.14. The molecule has 0 saturated heterocycles. The van der Waals surface area contributed by atoms with Gasteiger partial charge in [-0.15, -0.1) is 0 Å². The van der Waals surface area contributed by atoms with Gasteiger partial charge in [-0.1, -0.05) is 0 Å². The Kier molecular flexibility index (Phi) is 1.26. The van der Waals surface area contributed by atoms with Crippen LogP contribution in [-0.2, 0) is 0 Å². The van der Waals surface area contributed by atoms with Crippen molar-refractivity contribution >= 4 is 23.2 Å². The van der Waals surface area contributed by atoms with Crippen molar-refractivity contribution < 1.29 is 13.0 Å². The largest absolute Gasteiger partial charge is 0.318 e. The molecule has 0 unspecified atom stereocenters. The molecule has 0 spiro atoms. The van der Waals surface area contributed by atoms with Gasteiger partial charge >= 0.3 is 0 Å². The highest BCUT2D eigenvalue weighted by Crippen LogP contribution is 2.35. The molecule has 5 nitrogen and oxygen atoms in total. The van der Waals surface area contributed by atoms with Gasteiger partial charge in [0.05, 0.1) is 15.4 Å². The van der Waals surface area contributed by atoms with Crippen LogP contribution >= 0.6 is 0 Å². The molecule has 0 fully saturated rings. The smallest absolute Gasteiger partial charge is 0.259 e. The lowest BCUT2D eigenvalue weighted by atomic mass is 10.2. The summed E-state index contributed by atoms with van der Waals surface area (Å²) in [5.41, 5.74) is -0.453. The van der Waals surface area contributed by atoms with Gasteiger partial charge in [0.15, 0.2) is 5.82 Å². The number of nitrogens with one attached hydrogen (secondary N) is 1. The molecule has 0 aromatic carbocycles. The number of carbonyl (C=O) groups excluding carboxylic acids is 1. The second-order valence-electron chi connectivity index (χ2n) is 3.75. The molecule has 90 valence electrons. The van der Waals surface area contributed by atoms with Gasteiger partial charge in [0, 0.05) is 23.5 Å². The van der Waals surface area contributed by atoms with Crippen LogP contribution in [0, 0.1) is 6.85 Å². The number of pyridine rings is 2. The van der Waals surface area contributed by atoms with Crippen molar-refractivity contribution in [1.82, 2.24) is 9.97 Å². The minimum absolute atomic E-state index is 0.00711. The van der Waals surface area contributed by atoms with E-state index in [4.69, 9.17) is 8.22 Å². The van der Waals surface area contributed by atoms with Crippen LogP contribution in [0.15, 0.2) is 30.5 Å². The van der Waals surface area contributed by atoms with Crippen LogP contribution in [0.25, 0.3) is 0 Å². The second kappa shape index (κ2) is 3.80. The molecule has 1 amide bonds. The zero-order valence-electron chi connectivity index (χ0n) is 15.4. The monoisotopic (exact) mass is 246 g/mol. The maximum atomic E-state index is 12.4. The molecule has 1 N–H and O–H groups in total. The normalized spacial score (nSPS) is 18.9. The third-order valence-corrected chi connectivity index (χ3v) is 2.67. The topological polar surface area (TPSA) is 58.1 Å². The lowest BCUT2D eigenvalue weighted by molar-refractivity contribution is 0.102. The first-order valence-electron chi connectivity index (χ1n) is 8.15. The van der Waals surface area contributed by atoms with E-state index < -0.39 is 30.5 Å². The van der Waals surface area contributed by atoms with E-state index in [0.29, 0.717) is 0 Å². The summed E-state index contributed by atoms with van der Waals surface area (Å²) < 4.78 is 46.2. The van der Waals surface area contributed by atoms with Gasteiger partial charge in [-0.3, -0.25) is 4.79 Å². The number of hydrogen-bond donors (Lipinski definition) is 1. The summed E-state index contributed by atoms with van der Waals surface area (Å²) in [5, 5.41) is 2.46. The average Bonchev–Trinajstić information content (AvgIpc) is 2.56. The highest BCUT2D eigenvalue weighted by Gasteiger charge is 2.25. The highest BCUT2D eigenvalue weighted by atomic mass is 16.1. The Hall–Kier alpha value is -2.43. The zero-order chi connectivity index (χ0) is 17.8. The summed E-state index contributed by atoms with van der Waals surface area (Å²) in [6.07, 6.45) is -0.595. The van der Waals surface area contributed by atoms with Crippen molar-refractivity contribution in [2.45, 2.75) is 6.85 Å². The minimum Gasteiger partial charge on any atom is -0.318 e. The summed E-state index contributed by atoms with van der Waals surface area (Å²) >= 11 is 0. The lowest BCUT2D eigenvalue weighted by Gasteiger charge is -2.18. The first kappa shape index (κ1) is 5.95. The van der Waals surface area contributed by atoms with Gasteiger partial charge in [-0.05, 0) is 30.6 Å². The van der Waals surface area contributed by atoms with Crippen LogP contribution in [0.1, 0.15) is 24.1 Å². The second-order valence-corrected chi connectivity index (χ2v) is 3.75. The molecule has 0 atom stereocenters. The molecule has 18 heavy (non-hydrogen) atoms. The predicted molar refractivity (Wildman–Crippen MR) is 69.2 cm³/mol. The molecule has 3 rings (SSSR count). The summed E-state index contributed by atoms with van der Waals surface area (Å²) in [7, 11) is 1.50. The SMILES string of the molecule is [2H]c1ccc2c(n1)N(C)c1nc([2H])c([2H])c(C([2H])([2H])[2H])c1NC2=O. The van der Waals surface area contributed by atoms with Crippen molar-refractivity contribution in [2.75, 3.05) is 17.3 Å². The molecule has 2 aromatic heterocycles. The standard InChI is InChI=1S/C13H12N4O/c1-8-5-7-15-12-10(8)16-13(18)9-4-3-6-14-11(9)17(12)2/h3-7H,1-2H3,(H,16,18)/i1D3,5D,6D,7D. The Morgan fingerprint density at radius 1 is 1.39 bits per heavy atom. The molecule has 5 heteroatoms. The van der Waals surface area contributed by atoms with E-state index in [1.54, 1.807) is 0 Å². The van der Waals surface area contributed by atoms with E-state index in [9.17, 15) is 4.79 Å². The molecular weight excluding hydrogens is 228 g/mol. The summed E-state index contributed by atoms with van der Waals surface area (Å²) in [6.45, 7) is -2.71. The molecule has 1 aliphatic heterocycles. The predicted octanol–water partition coefficient (Wildman–Crippen LogP) is 2.12. The minimum atomic E-state index is -2.71. The Morgan fingerprint density at radius 2 is 2.22 bits per heavy atom. The van der Waals surface area contributed by atoms with E-state index in [0.717, 1.165) is 0 Å². The fraction of sp³-hybridized carbons (Fsp3) is 0.154.